The van der Waals surface area contributed by atoms with Crippen molar-refractivity contribution in [3.8, 4) is 0 Å². The maximum atomic E-state index is 11.5. The summed E-state index contributed by atoms with van der Waals surface area (Å²) in [5.41, 5.74) is -0.524. The molecule has 0 spiro atoms. The molecule has 0 aliphatic heterocycles. The van der Waals surface area contributed by atoms with Crippen LogP contribution in [0.4, 0.5) is 0 Å². The quantitative estimate of drug-likeness (QED) is 0.222. The Hall–Kier alpha value is -2.18. The van der Waals surface area contributed by atoms with Crippen molar-refractivity contribution in [2.45, 2.75) is 20.8 Å². The van der Waals surface area contributed by atoms with Gasteiger partial charge >= 0.3 is 17.9 Å². The first-order valence-electron chi connectivity index (χ1n) is 5.82. The largest absolute Gasteiger partial charge is 0.463 e. The number of esters is 3. The van der Waals surface area contributed by atoms with E-state index in [1.165, 1.54) is 0 Å². The highest BCUT2D eigenvalue weighted by Crippen LogP contribution is 1.93. The van der Waals surface area contributed by atoms with Crippen LogP contribution in [-0.4, -0.2) is 43.4 Å². The molecule has 0 amide bonds. The second-order valence-electron chi connectivity index (χ2n) is 2.99. The van der Waals surface area contributed by atoms with Gasteiger partial charge in [0.15, 0.2) is 0 Å². The summed E-state index contributed by atoms with van der Waals surface area (Å²) in [6, 6.07) is 0. The van der Waals surface area contributed by atoms with Crippen LogP contribution in [0.5, 0.6) is 0 Å². The van der Waals surface area contributed by atoms with Gasteiger partial charge in [0, 0.05) is 12.3 Å². The lowest BCUT2D eigenvalue weighted by molar-refractivity contribution is -0.141. The van der Waals surface area contributed by atoms with Gasteiger partial charge in [0.2, 0.25) is 5.71 Å². The monoisotopic (exact) mass is 271 g/mol. The summed E-state index contributed by atoms with van der Waals surface area (Å²) in [7, 11) is 0. The molecule has 106 valence electrons. The summed E-state index contributed by atoms with van der Waals surface area (Å²) in [4.78, 5) is 37.5. The molecular formula is C12H17NO6. The summed E-state index contributed by atoms with van der Waals surface area (Å²) in [6.07, 6.45) is 1.98. The molecular weight excluding hydrogens is 254 g/mol. The second-order valence-corrected chi connectivity index (χ2v) is 2.99. The van der Waals surface area contributed by atoms with E-state index in [-0.39, 0.29) is 19.8 Å². The molecule has 0 aliphatic carbocycles. The number of carbonyl (C=O) groups excluding carboxylic acids is 3. The molecule has 7 heteroatoms. The highest BCUT2D eigenvalue weighted by atomic mass is 16.6. The molecule has 0 aromatic heterocycles. The van der Waals surface area contributed by atoms with Crippen LogP contribution < -0.4 is 0 Å². The Labute approximate surface area is 111 Å². The first-order valence-corrected chi connectivity index (χ1v) is 5.82. The Balaban J connectivity index is 4.87. The smallest absolute Gasteiger partial charge is 0.364 e. The average Bonchev–Trinajstić information content (AvgIpc) is 2.35. The second kappa shape index (κ2) is 9.81. The Morgan fingerprint density at radius 3 is 1.79 bits per heavy atom. The van der Waals surface area contributed by atoms with E-state index in [1.54, 1.807) is 20.8 Å². The molecule has 0 atom stereocenters. The third-order valence-electron chi connectivity index (χ3n) is 1.64. The first kappa shape index (κ1) is 16.8. The minimum atomic E-state index is -0.908. The summed E-state index contributed by atoms with van der Waals surface area (Å²) in [5.74, 6) is -2.44. The first-order chi connectivity index (χ1) is 9.06. The summed E-state index contributed by atoms with van der Waals surface area (Å²) < 4.78 is 13.9. The van der Waals surface area contributed by atoms with Crippen LogP contribution in [0, 0.1) is 0 Å². The van der Waals surface area contributed by atoms with Crippen molar-refractivity contribution in [2.75, 3.05) is 19.8 Å². The van der Waals surface area contributed by atoms with Crippen LogP contribution in [0.15, 0.2) is 17.3 Å². The van der Waals surface area contributed by atoms with Crippen LogP contribution in [0.3, 0.4) is 0 Å². The van der Waals surface area contributed by atoms with E-state index >= 15 is 0 Å². The van der Waals surface area contributed by atoms with E-state index in [1.807, 2.05) is 0 Å². The lowest BCUT2D eigenvalue weighted by atomic mass is 10.4. The number of carbonyl (C=O) groups is 3. The third kappa shape index (κ3) is 6.97. The lowest BCUT2D eigenvalue weighted by Gasteiger charge is -2.04. The van der Waals surface area contributed by atoms with Crippen molar-refractivity contribution < 1.29 is 28.6 Å². The Morgan fingerprint density at radius 1 is 0.895 bits per heavy atom. The number of hydrogen-bond donors (Lipinski definition) is 0. The van der Waals surface area contributed by atoms with Crippen molar-refractivity contribution in [2.24, 2.45) is 4.99 Å². The van der Waals surface area contributed by atoms with Gasteiger partial charge < -0.3 is 14.2 Å². The topological polar surface area (TPSA) is 91.3 Å². The Morgan fingerprint density at radius 2 is 1.37 bits per heavy atom. The fourth-order valence-corrected chi connectivity index (χ4v) is 0.951. The zero-order valence-electron chi connectivity index (χ0n) is 11.2. The zero-order valence-corrected chi connectivity index (χ0v) is 11.2. The maximum absolute atomic E-state index is 11.5. The summed E-state index contributed by atoms with van der Waals surface area (Å²) in [5, 5.41) is 0. The molecule has 7 nitrogen and oxygen atoms in total. The van der Waals surface area contributed by atoms with Gasteiger partial charge in [-0.15, -0.1) is 0 Å². The van der Waals surface area contributed by atoms with E-state index < -0.39 is 23.6 Å². The SMILES string of the molecule is CCOC(=O)/C=C/N=C(C(=O)OCC)C(=O)OCC. The highest BCUT2D eigenvalue weighted by molar-refractivity contribution is 6.62. The zero-order chi connectivity index (χ0) is 14.7. The molecule has 0 saturated heterocycles. The van der Waals surface area contributed by atoms with E-state index in [2.05, 4.69) is 19.2 Å². The number of nitrogens with zero attached hydrogens (tertiary/aromatic N) is 1. The molecule has 0 aromatic rings. The van der Waals surface area contributed by atoms with Crippen LogP contribution in [0.25, 0.3) is 0 Å². The average molecular weight is 271 g/mol. The molecule has 0 radical (unpaired) electrons. The van der Waals surface area contributed by atoms with Crippen molar-refractivity contribution >= 4 is 23.6 Å². The van der Waals surface area contributed by atoms with Gasteiger partial charge in [-0.1, -0.05) is 0 Å². The molecule has 0 bridgehead atoms. The lowest BCUT2D eigenvalue weighted by Crippen LogP contribution is -2.28. The molecule has 0 heterocycles. The molecule has 0 N–H and O–H groups in total. The van der Waals surface area contributed by atoms with E-state index in [0.29, 0.717) is 0 Å². The Bertz CT molecular complexity index is 366. The van der Waals surface area contributed by atoms with Crippen LogP contribution in [0.2, 0.25) is 0 Å². The van der Waals surface area contributed by atoms with Gasteiger partial charge in [0.25, 0.3) is 0 Å². The summed E-state index contributed by atoms with van der Waals surface area (Å²) >= 11 is 0. The molecule has 0 aromatic carbocycles. The number of hydrogen-bond acceptors (Lipinski definition) is 7. The van der Waals surface area contributed by atoms with E-state index in [9.17, 15) is 14.4 Å². The van der Waals surface area contributed by atoms with Gasteiger partial charge in [-0.05, 0) is 20.8 Å². The fraction of sp³-hybridized carbons (Fsp3) is 0.500. The van der Waals surface area contributed by atoms with Gasteiger partial charge in [-0.3, -0.25) is 0 Å². The predicted octanol–water partition coefficient (Wildman–Crippen LogP) is 0.630. The highest BCUT2D eigenvalue weighted by Gasteiger charge is 2.22. The normalized spacial score (nSPS) is 9.84. The summed E-state index contributed by atoms with van der Waals surface area (Å²) in [6.45, 7) is 5.25. The number of rotatable bonds is 7. The van der Waals surface area contributed by atoms with Crippen molar-refractivity contribution in [1.82, 2.24) is 0 Å². The van der Waals surface area contributed by atoms with Crippen molar-refractivity contribution in [1.29, 1.82) is 0 Å². The van der Waals surface area contributed by atoms with Gasteiger partial charge in [0.05, 0.1) is 19.8 Å². The van der Waals surface area contributed by atoms with E-state index in [4.69, 9.17) is 0 Å². The van der Waals surface area contributed by atoms with Gasteiger partial charge in [-0.2, -0.15) is 0 Å². The fourth-order valence-electron chi connectivity index (χ4n) is 0.951. The molecule has 19 heavy (non-hydrogen) atoms. The third-order valence-corrected chi connectivity index (χ3v) is 1.64. The number of ether oxygens (including phenoxy) is 3. The molecule has 0 aliphatic rings. The van der Waals surface area contributed by atoms with Crippen LogP contribution in [-0.2, 0) is 28.6 Å². The van der Waals surface area contributed by atoms with Gasteiger partial charge in [-0.25, -0.2) is 19.4 Å². The molecule has 0 unspecified atom stereocenters. The standard InChI is InChI=1S/C12H17NO6/c1-4-17-9(14)7-8-13-10(11(15)18-5-2)12(16)19-6-3/h7-8H,4-6H2,1-3H3/b8-7+. The Kier molecular flexibility index (Phi) is 8.68. The van der Waals surface area contributed by atoms with Gasteiger partial charge in [0.1, 0.15) is 0 Å². The number of aliphatic imine (C=N–C) groups is 1. The minimum Gasteiger partial charge on any atom is -0.463 e. The van der Waals surface area contributed by atoms with Crippen LogP contribution >= 0.6 is 0 Å². The molecule has 0 fully saturated rings. The predicted molar refractivity (Wildman–Crippen MR) is 66.5 cm³/mol. The van der Waals surface area contributed by atoms with Crippen LogP contribution in [0.1, 0.15) is 20.8 Å². The maximum Gasteiger partial charge on any atom is 0.364 e. The molecule has 0 saturated carbocycles. The van der Waals surface area contributed by atoms with E-state index in [0.717, 1.165) is 12.3 Å². The minimum absolute atomic E-state index is 0.0961. The molecule has 0 rings (SSSR count). The van der Waals surface area contributed by atoms with Crippen molar-refractivity contribution in [3.63, 3.8) is 0 Å². The van der Waals surface area contributed by atoms with Crippen molar-refractivity contribution in [3.05, 3.63) is 12.3 Å².